The molecule has 70 heavy (non-hydrogen) atoms. The van der Waals surface area contributed by atoms with Gasteiger partial charge in [-0.25, -0.2) is 0 Å². The number of imidazole rings is 1. The van der Waals surface area contributed by atoms with Gasteiger partial charge in [-0.05, 0) is 116 Å². The number of hydrogen-bond acceptors (Lipinski definition) is 5. The van der Waals surface area contributed by atoms with Gasteiger partial charge in [-0.2, -0.15) is 0 Å². The maximum Gasteiger partial charge on any atom is 0.141 e. The summed E-state index contributed by atoms with van der Waals surface area (Å²) in [5.41, 5.74) is 16.6. The molecule has 0 aliphatic heterocycles. The van der Waals surface area contributed by atoms with Crippen LogP contribution in [0.3, 0.4) is 0 Å². The SMILES string of the molecule is C[Si](C)(C)c1cnc(-c2[c-]cccc2)cc1-c1cccc2ccccc12.Cc1ccc(C)c2c1oc1n[c-]c(-c3nc4cnc(C(C)C)cc4n3-c3ccc(-c4ccccc4)cc3C(C)(C)C)cc12.[Ir]. The fraction of sp³-hybridized carbons (Fsp3) is 0.194. The third-order valence-corrected chi connectivity index (χ3v) is 15.2. The Morgan fingerprint density at radius 3 is 2.16 bits per heavy atom. The number of pyridine rings is 3. The van der Waals surface area contributed by atoms with Crippen LogP contribution in [-0.2, 0) is 25.5 Å². The average Bonchev–Trinajstić information content (AvgIpc) is 3.94. The number of rotatable bonds is 7. The average molecular weight is 1110 g/mol. The monoisotopic (exact) mass is 1110 g/mol. The summed E-state index contributed by atoms with van der Waals surface area (Å²) in [5, 5.41) is 6.03. The second-order valence-electron chi connectivity index (χ2n) is 20.5. The number of nitrogens with zero attached hydrogens (tertiary/aromatic N) is 5. The molecule has 351 valence electrons. The second-order valence-corrected chi connectivity index (χ2v) is 25.6. The Bertz CT molecular complexity index is 3690. The molecule has 0 unspecified atom stereocenters. The van der Waals surface area contributed by atoms with Crippen LogP contribution in [0.15, 0.2) is 162 Å². The zero-order valence-corrected chi connectivity index (χ0v) is 45.0. The van der Waals surface area contributed by atoms with Gasteiger partial charge in [-0.15, -0.1) is 42.0 Å². The van der Waals surface area contributed by atoms with Gasteiger partial charge in [0.15, 0.2) is 0 Å². The molecule has 0 aliphatic carbocycles. The molecule has 6 aromatic carbocycles. The molecular weight excluding hydrogens is 1050 g/mol. The van der Waals surface area contributed by atoms with Crippen molar-refractivity contribution in [2.75, 3.05) is 0 Å². The molecule has 6 nitrogen and oxygen atoms in total. The molecule has 8 heteroatoms. The summed E-state index contributed by atoms with van der Waals surface area (Å²) >= 11 is 0. The largest absolute Gasteiger partial charge is 0.482 e. The van der Waals surface area contributed by atoms with E-state index in [9.17, 15) is 0 Å². The van der Waals surface area contributed by atoms with E-state index in [0.29, 0.717) is 5.71 Å². The fourth-order valence-corrected chi connectivity index (χ4v) is 10.9. The third-order valence-electron chi connectivity index (χ3n) is 13.2. The van der Waals surface area contributed by atoms with E-state index in [2.05, 4.69) is 219 Å². The molecule has 0 amide bonds. The molecule has 0 atom stereocenters. The van der Waals surface area contributed by atoms with Crippen molar-refractivity contribution in [2.24, 2.45) is 0 Å². The van der Waals surface area contributed by atoms with Crippen molar-refractivity contribution in [3.8, 4) is 50.6 Å². The fourth-order valence-electron chi connectivity index (χ4n) is 9.44. The molecule has 0 saturated heterocycles. The van der Waals surface area contributed by atoms with Crippen LogP contribution in [0.4, 0.5) is 0 Å². The number of aromatic nitrogens is 5. The van der Waals surface area contributed by atoms with Crippen molar-refractivity contribution in [1.82, 2.24) is 24.5 Å². The standard InChI is InChI=1S/C38H35N4O.C24H22NSi.Ir/c1-22(2)30-19-33-31(21-39-30)41-36(27-17-28-34-23(3)13-14-24(4)35(34)43-37(28)40-20-27)42(33)32-16-15-26(18-29(32)38(5,6)7)25-11-9-8-10-12-25;1-26(2,3)24-17-25-23(19-11-5-4-6-12-19)16-22(24)21-15-9-13-18-10-7-8-14-20(18)21;/h8-19,21-22H,1-7H3;4-11,13-17H,1-3H3;/q2*-1;. The summed E-state index contributed by atoms with van der Waals surface area (Å²) in [4.78, 5) is 19.4. The van der Waals surface area contributed by atoms with E-state index in [0.717, 1.165) is 72.5 Å². The number of hydrogen-bond donors (Lipinski definition) is 0. The quantitative estimate of drug-likeness (QED) is 0.117. The second kappa shape index (κ2) is 19.2. The Balaban J connectivity index is 0.000000193. The van der Waals surface area contributed by atoms with Crippen LogP contribution < -0.4 is 5.19 Å². The van der Waals surface area contributed by atoms with E-state index < -0.39 is 8.07 Å². The first-order valence-electron chi connectivity index (χ1n) is 23.9. The summed E-state index contributed by atoms with van der Waals surface area (Å²) in [6, 6.07) is 54.7. The van der Waals surface area contributed by atoms with Gasteiger partial charge in [0.05, 0.1) is 31.1 Å². The van der Waals surface area contributed by atoms with Crippen LogP contribution in [-0.4, -0.2) is 32.6 Å². The van der Waals surface area contributed by atoms with Gasteiger partial charge in [-0.3, -0.25) is 9.97 Å². The Kier molecular flexibility index (Phi) is 13.2. The Labute approximate surface area is 426 Å². The molecule has 0 N–H and O–H groups in total. The number of fused-ring (bicyclic) bond motifs is 5. The summed E-state index contributed by atoms with van der Waals surface area (Å²) in [5.74, 6) is 1.07. The molecule has 11 aromatic rings. The van der Waals surface area contributed by atoms with Gasteiger partial charge < -0.3 is 19.0 Å². The molecule has 0 aliphatic rings. The zero-order valence-electron chi connectivity index (χ0n) is 41.6. The minimum absolute atomic E-state index is 0. The minimum atomic E-state index is -1.54. The predicted molar refractivity (Wildman–Crippen MR) is 290 cm³/mol. The van der Waals surface area contributed by atoms with E-state index in [4.69, 9.17) is 24.4 Å². The van der Waals surface area contributed by atoms with Crippen molar-refractivity contribution in [3.05, 3.63) is 193 Å². The van der Waals surface area contributed by atoms with Crippen LogP contribution >= 0.6 is 0 Å². The van der Waals surface area contributed by atoms with Crippen LogP contribution in [0.5, 0.6) is 0 Å². The van der Waals surface area contributed by atoms with Gasteiger partial charge >= 0.3 is 0 Å². The van der Waals surface area contributed by atoms with Gasteiger partial charge in [0.2, 0.25) is 0 Å². The summed E-state index contributed by atoms with van der Waals surface area (Å²) in [6.07, 6.45) is 7.28. The minimum Gasteiger partial charge on any atom is -0.482 e. The maximum absolute atomic E-state index is 6.21. The third kappa shape index (κ3) is 9.20. The topological polar surface area (TPSA) is 69.6 Å². The van der Waals surface area contributed by atoms with E-state index in [1.165, 1.54) is 43.8 Å². The van der Waals surface area contributed by atoms with Crippen LogP contribution in [0, 0.1) is 26.1 Å². The van der Waals surface area contributed by atoms with Gasteiger partial charge in [0.25, 0.3) is 0 Å². The first kappa shape index (κ1) is 48.2. The first-order chi connectivity index (χ1) is 33.1. The number of aryl methyl sites for hydroxylation is 2. The Hall–Kier alpha value is -6.83. The molecule has 0 fully saturated rings. The van der Waals surface area contributed by atoms with Crippen molar-refractivity contribution < 1.29 is 24.5 Å². The van der Waals surface area contributed by atoms with Crippen LogP contribution in [0.25, 0.3) is 94.5 Å². The predicted octanol–water partition coefficient (Wildman–Crippen LogP) is 15.8. The first-order valence-corrected chi connectivity index (χ1v) is 27.4. The number of benzene rings is 6. The zero-order chi connectivity index (χ0) is 48.2. The van der Waals surface area contributed by atoms with E-state index in [-0.39, 0.29) is 31.4 Å². The van der Waals surface area contributed by atoms with Crippen molar-refractivity contribution in [2.45, 2.75) is 79.4 Å². The summed E-state index contributed by atoms with van der Waals surface area (Å²) in [6.45, 7) is 22.5. The van der Waals surface area contributed by atoms with E-state index in [1.807, 2.05) is 24.4 Å². The molecule has 0 spiro atoms. The van der Waals surface area contributed by atoms with Gasteiger partial charge in [0, 0.05) is 43.1 Å². The molecule has 0 bridgehead atoms. The van der Waals surface area contributed by atoms with Crippen LogP contribution in [0.2, 0.25) is 19.6 Å². The summed E-state index contributed by atoms with van der Waals surface area (Å²) in [7, 11) is -1.54. The molecule has 1 radical (unpaired) electrons. The van der Waals surface area contributed by atoms with E-state index in [1.54, 1.807) is 0 Å². The van der Waals surface area contributed by atoms with Crippen molar-refractivity contribution >= 4 is 57.1 Å². The normalized spacial score (nSPS) is 11.9. The van der Waals surface area contributed by atoms with E-state index >= 15 is 0 Å². The van der Waals surface area contributed by atoms with Gasteiger partial charge in [0.1, 0.15) is 11.3 Å². The van der Waals surface area contributed by atoms with Gasteiger partial charge in [-0.1, -0.05) is 157 Å². The molecule has 0 saturated carbocycles. The molecule has 5 heterocycles. The molecule has 5 aromatic heterocycles. The Morgan fingerprint density at radius 2 is 1.41 bits per heavy atom. The van der Waals surface area contributed by atoms with Crippen LogP contribution in [0.1, 0.15) is 62.9 Å². The molecule has 11 rings (SSSR count). The number of furan rings is 1. The summed E-state index contributed by atoms with van der Waals surface area (Å²) < 4.78 is 8.49. The smallest absolute Gasteiger partial charge is 0.141 e. The molecular formula is C62H57IrN5OSi-2. The Morgan fingerprint density at radius 1 is 0.671 bits per heavy atom. The maximum atomic E-state index is 6.21. The van der Waals surface area contributed by atoms with Crippen molar-refractivity contribution in [1.29, 1.82) is 0 Å². The van der Waals surface area contributed by atoms with Crippen molar-refractivity contribution in [3.63, 3.8) is 0 Å².